The van der Waals surface area contributed by atoms with Crippen LogP contribution in [-0.2, 0) is 15.6 Å². The first kappa shape index (κ1) is 12.4. The molecular formula is C8H12ClFN2O2S. The molecule has 1 rings (SSSR count). The second-order valence-corrected chi connectivity index (χ2v) is 5.71. The average Bonchev–Trinajstić information content (AvgIpc) is 2.36. The molecule has 0 saturated heterocycles. The SMILES string of the molecule is Cc1nn(CCCF)c(C)c1S(=O)(=O)Cl. The number of aromatic nitrogens is 2. The van der Waals surface area contributed by atoms with E-state index in [-0.39, 0.29) is 4.90 Å². The summed E-state index contributed by atoms with van der Waals surface area (Å²) in [7, 11) is 1.49. The molecule has 0 aliphatic rings. The van der Waals surface area contributed by atoms with E-state index >= 15 is 0 Å². The number of halogens is 2. The van der Waals surface area contributed by atoms with Crippen LogP contribution < -0.4 is 0 Å². The summed E-state index contributed by atoms with van der Waals surface area (Å²) < 4.78 is 35.8. The topological polar surface area (TPSA) is 52.0 Å². The molecule has 0 fully saturated rings. The van der Waals surface area contributed by atoms with Crippen LogP contribution >= 0.6 is 10.7 Å². The third kappa shape index (κ3) is 2.69. The number of nitrogens with zero attached hydrogens (tertiary/aromatic N) is 2. The highest BCUT2D eigenvalue weighted by molar-refractivity contribution is 8.13. The van der Waals surface area contributed by atoms with Gasteiger partial charge in [-0.25, -0.2) is 8.42 Å². The fraction of sp³-hybridized carbons (Fsp3) is 0.625. The molecule has 0 bridgehead atoms. The van der Waals surface area contributed by atoms with Crippen molar-refractivity contribution in [2.45, 2.75) is 31.7 Å². The molecule has 1 aromatic heterocycles. The predicted molar refractivity (Wildman–Crippen MR) is 55.3 cm³/mol. The van der Waals surface area contributed by atoms with Crippen LogP contribution in [0.1, 0.15) is 17.8 Å². The lowest BCUT2D eigenvalue weighted by Crippen LogP contribution is -2.04. The Labute approximate surface area is 92.5 Å². The van der Waals surface area contributed by atoms with E-state index in [2.05, 4.69) is 5.10 Å². The van der Waals surface area contributed by atoms with Crippen molar-refractivity contribution >= 4 is 19.7 Å². The van der Waals surface area contributed by atoms with Gasteiger partial charge in [0.15, 0.2) is 0 Å². The summed E-state index contributed by atoms with van der Waals surface area (Å²) in [4.78, 5) is 0.0306. The van der Waals surface area contributed by atoms with Gasteiger partial charge < -0.3 is 0 Å². The van der Waals surface area contributed by atoms with Gasteiger partial charge in [0.2, 0.25) is 0 Å². The average molecular weight is 255 g/mol. The highest BCUT2D eigenvalue weighted by Crippen LogP contribution is 2.23. The lowest BCUT2D eigenvalue weighted by atomic mass is 10.4. The largest absolute Gasteiger partial charge is 0.268 e. The second kappa shape index (κ2) is 4.49. The summed E-state index contributed by atoms with van der Waals surface area (Å²) in [5.74, 6) is 0. The first-order valence-electron chi connectivity index (χ1n) is 4.42. The summed E-state index contributed by atoms with van der Waals surface area (Å²) in [5, 5.41) is 4.00. The van der Waals surface area contributed by atoms with Crippen molar-refractivity contribution < 1.29 is 12.8 Å². The van der Waals surface area contributed by atoms with Gasteiger partial charge in [0.25, 0.3) is 9.05 Å². The Morgan fingerprint density at radius 1 is 1.47 bits per heavy atom. The highest BCUT2D eigenvalue weighted by atomic mass is 35.7. The summed E-state index contributed by atoms with van der Waals surface area (Å²) >= 11 is 0. The zero-order chi connectivity index (χ0) is 11.6. The van der Waals surface area contributed by atoms with Gasteiger partial charge in [0.1, 0.15) is 4.90 Å². The maximum atomic E-state index is 12.0. The fourth-order valence-electron chi connectivity index (χ4n) is 1.46. The Kier molecular flexibility index (Phi) is 3.72. The van der Waals surface area contributed by atoms with E-state index in [1.165, 1.54) is 4.68 Å². The van der Waals surface area contributed by atoms with Crippen LogP contribution in [0, 0.1) is 13.8 Å². The van der Waals surface area contributed by atoms with Crippen molar-refractivity contribution in [3.05, 3.63) is 11.4 Å². The highest BCUT2D eigenvalue weighted by Gasteiger charge is 2.21. The molecule has 15 heavy (non-hydrogen) atoms. The zero-order valence-corrected chi connectivity index (χ0v) is 10.1. The van der Waals surface area contributed by atoms with E-state index in [1.54, 1.807) is 13.8 Å². The smallest absolute Gasteiger partial charge is 0.264 e. The standard InChI is InChI=1S/C8H12ClFN2O2S/c1-6-8(15(9,13)14)7(2)12(11-6)5-3-4-10/h3-5H2,1-2H3. The Balaban J connectivity index is 3.15. The number of alkyl halides is 1. The molecule has 0 spiro atoms. The van der Waals surface area contributed by atoms with Gasteiger partial charge in [-0.1, -0.05) is 0 Å². The van der Waals surface area contributed by atoms with Crippen molar-refractivity contribution in [1.82, 2.24) is 9.78 Å². The molecule has 0 unspecified atom stereocenters. The summed E-state index contributed by atoms with van der Waals surface area (Å²) in [6.07, 6.45) is 0.309. The molecule has 0 aromatic carbocycles. The molecule has 86 valence electrons. The Hall–Kier alpha value is -0.620. The van der Waals surface area contributed by atoms with Crippen LogP contribution in [0.4, 0.5) is 4.39 Å². The normalized spacial score (nSPS) is 12.0. The lowest BCUT2D eigenvalue weighted by Gasteiger charge is -2.01. The zero-order valence-electron chi connectivity index (χ0n) is 8.50. The first-order chi connectivity index (χ1) is 6.88. The quantitative estimate of drug-likeness (QED) is 0.770. The third-order valence-electron chi connectivity index (χ3n) is 2.06. The van der Waals surface area contributed by atoms with Crippen LogP contribution in [-0.4, -0.2) is 24.9 Å². The molecule has 0 atom stereocenters. The molecule has 0 radical (unpaired) electrons. The molecule has 0 N–H and O–H groups in total. The van der Waals surface area contributed by atoms with Crippen molar-refractivity contribution in [2.24, 2.45) is 0 Å². The van der Waals surface area contributed by atoms with Gasteiger partial charge in [-0.2, -0.15) is 5.10 Å². The molecule has 0 saturated carbocycles. The van der Waals surface area contributed by atoms with Crippen LogP contribution in [0.5, 0.6) is 0 Å². The van der Waals surface area contributed by atoms with Crippen LogP contribution in [0.2, 0.25) is 0 Å². The Bertz CT molecular complexity index is 455. The van der Waals surface area contributed by atoms with E-state index in [9.17, 15) is 12.8 Å². The van der Waals surface area contributed by atoms with Crippen LogP contribution in [0.15, 0.2) is 4.90 Å². The van der Waals surface area contributed by atoms with E-state index in [0.717, 1.165) is 0 Å². The minimum atomic E-state index is -3.77. The number of hydrogen-bond donors (Lipinski definition) is 0. The molecule has 1 heterocycles. The minimum absolute atomic E-state index is 0.0306. The fourth-order valence-corrected chi connectivity index (χ4v) is 2.98. The Morgan fingerprint density at radius 2 is 2.07 bits per heavy atom. The maximum Gasteiger partial charge on any atom is 0.264 e. The second-order valence-electron chi connectivity index (χ2n) is 3.20. The van der Waals surface area contributed by atoms with E-state index in [0.29, 0.717) is 24.4 Å². The van der Waals surface area contributed by atoms with Gasteiger partial charge in [-0.15, -0.1) is 0 Å². The maximum absolute atomic E-state index is 12.0. The Morgan fingerprint density at radius 3 is 2.47 bits per heavy atom. The number of rotatable bonds is 4. The molecule has 0 aliphatic carbocycles. The van der Waals surface area contributed by atoms with Gasteiger partial charge in [-0.3, -0.25) is 9.07 Å². The van der Waals surface area contributed by atoms with Crippen LogP contribution in [0.3, 0.4) is 0 Å². The number of aryl methyl sites for hydroxylation is 2. The van der Waals surface area contributed by atoms with Gasteiger partial charge in [0, 0.05) is 17.2 Å². The molecule has 7 heteroatoms. The number of hydrogen-bond acceptors (Lipinski definition) is 3. The van der Waals surface area contributed by atoms with Crippen molar-refractivity contribution in [3.63, 3.8) is 0 Å². The van der Waals surface area contributed by atoms with Gasteiger partial charge in [-0.05, 0) is 20.3 Å². The summed E-state index contributed by atoms with van der Waals surface area (Å²) in [6.45, 7) is 3.07. The summed E-state index contributed by atoms with van der Waals surface area (Å²) in [5.41, 5.74) is 0.803. The molecular weight excluding hydrogens is 243 g/mol. The van der Waals surface area contributed by atoms with Crippen molar-refractivity contribution in [1.29, 1.82) is 0 Å². The van der Waals surface area contributed by atoms with Gasteiger partial charge in [0.05, 0.1) is 18.1 Å². The van der Waals surface area contributed by atoms with Crippen molar-refractivity contribution in [2.75, 3.05) is 6.67 Å². The monoisotopic (exact) mass is 254 g/mol. The lowest BCUT2D eigenvalue weighted by molar-refractivity contribution is 0.431. The third-order valence-corrected chi connectivity index (χ3v) is 3.60. The predicted octanol–water partition coefficient (Wildman–Crippen LogP) is 1.79. The molecule has 4 nitrogen and oxygen atoms in total. The van der Waals surface area contributed by atoms with Crippen molar-refractivity contribution in [3.8, 4) is 0 Å². The molecule has 0 amide bonds. The van der Waals surface area contributed by atoms with Gasteiger partial charge >= 0.3 is 0 Å². The van der Waals surface area contributed by atoms with E-state index < -0.39 is 15.7 Å². The molecule has 1 aromatic rings. The molecule has 0 aliphatic heterocycles. The summed E-state index contributed by atoms with van der Waals surface area (Å²) in [6, 6.07) is 0. The van der Waals surface area contributed by atoms with E-state index in [1.807, 2.05) is 0 Å². The van der Waals surface area contributed by atoms with E-state index in [4.69, 9.17) is 10.7 Å². The minimum Gasteiger partial charge on any atom is -0.268 e. The van der Waals surface area contributed by atoms with Crippen LogP contribution in [0.25, 0.3) is 0 Å². The first-order valence-corrected chi connectivity index (χ1v) is 6.73.